The molecular formula is C20H22ClN2O4+. The van der Waals surface area contributed by atoms with Gasteiger partial charge in [0.25, 0.3) is 5.91 Å². The predicted octanol–water partition coefficient (Wildman–Crippen LogP) is 1.80. The van der Waals surface area contributed by atoms with Gasteiger partial charge in [-0.1, -0.05) is 17.7 Å². The van der Waals surface area contributed by atoms with E-state index < -0.39 is 6.04 Å². The van der Waals surface area contributed by atoms with Crippen LogP contribution in [0.4, 0.5) is 5.69 Å². The van der Waals surface area contributed by atoms with Gasteiger partial charge in [0.2, 0.25) is 5.91 Å². The summed E-state index contributed by atoms with van der Waals surface area (Å²) in [5, 5.41) is 2.49. The van der Waals surface area contributed by atoms with Crippen LogP contribution in [0.25, 0.3) is 0 Å². The van der Waals surface area contributed by atoms with Gasteiger partial charge >= 0.3 is 0 Å². The molecule has 142 valence electrons. The number of imide groups is 1. The molecule has 3 rings (SSSR count). The summed E-state index contributed by atoms with van der Waals surface area (Å²) in [5.41, 5.74) is 1.64. The Bertz CT molecular complexity index is 838. The van der Waals surface area contributed by atoms with Gasteiger partial charge in [-0.3, -0.25) is 9.59 Å². The number of carbonyl (C=O) groups excluding carboxylic acids is 2. The molecule has 2 amide bonds. The lowest BCUT2D eigenvalue weighted by molar-refractivity contribution is -0.674. The summed E-state index contributed by atoms with van der Waals surface area (Å²) in [6, 6.07) is 12.1. The van der Waals surface area contributed by atoms with Crippen LogP contribution in [-0.2, 0) is 16.0 Å². The minimum Gasteiger partial charge on any atom is -0.493 e. The van der Waals surface area contributed by atoms with Gasteiger partial charge in [-0.15, -0.1) is 0 Å². The number of ether oxygens (including phenoxy) is 2. The Morgan fingerprint density at radius 3 is 2.44 bits per heavy atom. The highest BCUT2D eigenvalue weighted by Crippen LogP contribution is 2.27. The number of nitrogens with two attached hydrogens (primary N) is 1. The Morgan fingerprint density at radius 1 is 1.07 bits per heavy atom. The number of benzene rings is 2. The van der Waals surface area contributed by atoms with Crippen LogP contribution in [-0.4, -0.2) is 38.6 Å². The molecular weight excluding hydrogens is 368 g/mol. The third-order valence-electron chi connectivity index (χ3n) is 4.60. The maximum absolute atomic E-state index is 12.6. The SMILES string of the molecule is COc1ccc(CC[NH2+][C@H]2CC(=O)N(c3ccc(Cl)cc3)C2=O)cc1OC. The molecule has 0 saturated carbocycles. The molecule has 1 aliphatic heterocycles. The standard InChI is InChI=1S/C20H21ClN2O4/c1-26-17-8-3-13(11-18(17)27-2)9-10-22-16-12-19(24)23(20(16)25)15-6-4-14(21)5-7-15/h3-8,11,16,22H,9-10,12H2,1-2H3/p+1/t16-/m0/s1. The van der Waals surface area contributed by atoms with Crippen LogP contribution in [0.2, 0.25) is 5.02 Å². The summed E-state index contributed by atoms with van der Waals surface area (Å²) in [6.07, 6.45) is 0.951. The van der Waals surface area contributed by atoms with Crippen molar-refractivity contribution in [3.8, 4) is 11.5 Å². The van der Waals surface area contributed by atoms with Gasteiger partial charge in [0.15, 0.2) is 17.5 Å². The van der Waals surface area contributed by atoms with Crippen molar-refractivity contribution in [1.29, 1.82) is 0 Å². The molecule has 0 bridgehead atoms. The first-order valence-electron chi connectivity index (χ1n) is 8.70. The van der Waals surface area contributed by atoms with E-state index in [1.54, 1.807) is 38.5 Å². The first-order valence-corrected chi connectivity index (χ1v) is 9.08. The fourth-order valence-corrected chi connectivity index (χ4v) is 3.31. The molecule has 1 fully saturated rings. The Morgan fingerprint density at radius 2 is 1.78 bits per heavy atom. The van der Waals surface area contributed by atoms with Gasteiger partial charge in [-0.2, -0.15) is 0 Å². The number of hydrogen-bond donors (Lipinski definition) is 1. The zero-order valence-corrected chi connectivity index (χ0v) is 16.0. The minimum atomic E-state index is -0.395. The van der Waals surface area contributed by atoms with Crippen LogP contribution in [0.3, 0.4) is 0 Å². The third kappa shape index (κ3) is 4.23. The summed E-state index contributed by atoms with van der Waals surface area (Å²) in [6.45, 7) is 0.688. The number of halogens is 1. The topological polar surface area (TPSA) is 72.5 Å². The zero-order chi connectivity index (χ0) is 19.4. The van der Waals surface area contributed by atoms with Crippen LogP contribution >= 0.6 is 11.6 Å². The Kier molecular flexibility index (Phi) is 5.98. The summed E-state index contributed by atoms with van der Waals surface area (Å²) in [7, 11) is 3.20. The second-order valence-corrected chi connectivity index (χ2v) is 6.75. The second kappa shape index (κ2) is 8.41. The normalized spacial score (nSPS) is 16.7. The van der Waals surface area contributed by atoms with E-state index in [-0.39, 0.29) is 18.2 Å². The van der Waals surface area contributed by atoms with Crippen molar-refractivity contribution in [2.75, 3.05) is 25.7 Å². The van der Waals surface area contributed by atoms with Crippen molar-refractivity contribution in [2.24, 2.45) is 0 Å². The number of quaternary nitrogens is 1. The maximum atomic E-state index is 12.6. The fraction of sp³-hybridized carbons (Fsp3) is 0.300. The summed E-state index contributed by atoms with van der Waals surface area (Å²) >= 11 is 5.88. The van der Waals surface area contributed by atoms with Crippen LogP contribution < -0.4 is 19.7 Å². The van der Waals surface area contributed by atoms with Crippen molar-refractivity contribution in [3.63, 3.8) is 0 Å². The molecule has 1 aliphatic rings. The zero-order valence-electron chi connectivity index (χ0n) is 15.3. The molecule has 2 aromatic rings. The van der Waals surface area contributed by atoms with Crippen LogP contribution in [0, 0.1) is 0 Å². The van der Waals surface area contributed by atoms with Crippen molar-refractivity contribution in [3.05, 3.63) is 53.1 Å². The fourth-order valence-electron chi connectivity index (χ4n) is 3.19. The second-order valence-electron chi connectivity index (χ2n) is 6.32. The summed E-state index contributed by atoms with van der Waals surface area (Å²) < 4.78 is 10.5. The number of carbonyl (C=O) groups is 2. The Hall–Kier alpha value is -2.57. The number of hydrogen-bond acceptors (Lipinski definition) is 4. The number of rotatable bonds is 7. The molecule has 0 aromatic heterocycles. The van der Waals surface area contributed by atoms with Gasteiger partial charge in [0, 0.05) is 11.4 Å². The number of nitrogens with zero attached hydrogens (tertiary/aromatic N) is 1. The van der Waals surface area contributed by atoms with E-state index in [0.717, 1.165) is 12.0 Å². The first kappa shape index (κ1) is 19.2. The molecule has 1 heterocycles. The van der Waals surface area contributed by atoms with E-state index in [9.17, 15) is 9.59 Å². The van der Waals surface area contributed by atoms with E-state index in [2.05, 4.69) is 0 Å². The van der Waals surface area contributed by atoms with E-state index in [0.29, 0.717) is 28.8 Å². The maximum Gasteiger partial charge on any atom is 0.292 e. The van der Waals surface area contributed by atoms with Crippen molar-refractivity contribution >= 4 is 29.1 Å². The van der Waals surface area contributed by atoms with E-state index in [1.165, 1.54) is 4.90 Å². The third-order valence-corrected chi connectivity index (χ3v) is 4.85. The summed E-state index contributed by atoms with van der Waals surface area (Å²) in [4.78, 5) is 26.2. The quantitative estimate of drug-likeness (QED) is 0.733. The predicted molar refractivity (Wildman–Crippen MR) is 102 cm³/mol. The molecule has 27 heavy (non-hydrogen) atoms. The molecule has 1 saturated heterocycles. The van der Waals surface area contributed by atoms with E-state index >= 15 is 0 Å². The van der Waals surface area contributed by atoms with Crippen molar-refractivity contribution in [2.45, 2.75) is 18.9 Å². The van der Waals surface area contributed by atoms with Gasteiger partial charge in [-0.05, 0) is 42.0 Å². The van der Waals surface area contributed by atoms with Crippen LogP contribution in [0.1, 0.15) is 12.0 Å². The highest BCUT2D eigenvalue weighted by Gasteiger charge is 2.42. The molecule has 2 aromatic carbocycles. The highest BCUT2D eigenvalue weighted by molar-refractivity contribution is 6.30. The van der Waals surface area contributed by atoms with Crippen molar-refractivity contribution in [1.82, 2.24) is 0 Å². The van der Waals surface area contributed by atoms with Crippen LogP contribution in [0.5, 0.6) is 11.5 Å². The Labute approximate surface area is 163 Å². The van der Waals surface area contributed by atoms with Crippen LogP contribution in [0.15, 0.2) is 42.5 Å². The molecule has 0 radical (unpaired) electrons. The lowest BCUT2D eigenvalue weighted by Crippen LogP contribution is -2.92. The van der Waals surface area contributed by atoms with Gasteiger partial charge in [-0.25, -0.2) is 4.90 Å². The molecule has 0 spiro atoms. The number of methoxy groups -OCH3 is 2. The monoisotopic (exact) mass is 389 g/mol. The van der Waals surface area contributed by atoms with E-state index in [4.69, 9.17) is 21.1 Å². The smallest absolute Gasteiger partial charge is 0.292 e. The van der Waals surface area contributed by atoms with Gasteiger partial charge in [0.1, 0.15) is 0 Å². The molecule has 6 nitrogen and oxygen atoms in total. The Balaban J connectivity index is 1.60. The average Bonchev–Trinajstić information content (AvgIpc) is 2.96. The first-order chi connectivity index (χ1) is 13.0. The minimum absolute atomic E-state index is 0.185. The number of anilines is 1. The average molecular weight is 390 g/mol. The molecule has 0 unspecified atom stereocenters. The largest absolute Gasteiger partial charge is 0.493 e. The van der Waals surface area contributed by atoms with Gasteiger partial charge < -0.3 is 14.8 Å². The highest BCUT2D eigenvalue weighted by atomic mass is 35.5. The molecule has 2 N–H and O–H groups in total. The summed E-state index contributed by atoms with van der Waals surface area (Å²) in [5.74, 6) is 0.987. The lowest BCUT2D eigenvalue weighted by atomic mass is 10.1. The molecule has 1 atom stereocenters. The van der Waals surface area contributed by atoms with E-state index in [1.807, 2.05) is 23.5 Å². The number of amides is 2. The van der Waals surface area contributed by atoms with Crippen molar-refractivity contribution < 1.29 is 24.4 Å². The molecule has 0 aliphatic carbocycles. The molecule has 7 heteroatoms. The van der Waals surface area contributed by atoms with Gasteiger partial charge in [0.05, 0.1) is 32.9 Å². The lowest BCUT2D eigenvalue weighted by Gasteiger charge is -2.14.